The van der Waals surface area contributed by atoms with Gasteiger partial charge < -0.3 is 4.74 Å². The van der Waals surface area contributed by atoms with Gasteiger partial charge in [0.1, 0.15) is 0 Å². The zero-order valence-corrected chi connectivity index (χ0v) is 11.8. The fraction of sp³-hybridized carbons (Fsp3) is 1.00. The average Bonchev–Trinajstić information content (AvgIpc) is 2.28. The van der Waals surface area contributed by atoms with E-state index in [1.165, 1.54) is 43.6 Å². The van der Waals surface area contributed by atoms with Crippen molar-refractivity contribution in [2.24, 2.45) is 5.92 Å². The van der Waals surface area contributed by atoms with Crippen molar-refractivity contribution in [1.29, 1.82) is 0 Å². The fourth-order valence-corrected chi connectivity index (χ4v) is 4.30. The molecule has 0 saturated carbocycles. The van der Waals surface area contributed by atoms with Gasteiger partial charge in [0.05, 0.1) is 5.60 Å². The Morgan fingerprint density at radius 1 is 1.44 bits per heavy atom. The molecule has 0 aromatic heterocycles. The monoisotopic (exact) mass is 262 g/mol. The van der Waals surface area contributed by atoms with Gasteiger partial charge in [-0.3, -0.25) is 0 Å². The summed E-state index contributed by atoms with van der Waals surface area (Å²) in [4.78, 5) is 0. The molecule has 0 bridgehead atoms. The summed E-state index contributed by atoms with van der Waals surface area (Å²) in [5.74, 6) is 3.44. The van der Waals surface area contributed by atoms with Crippen LogP contribution in [0.5, 0.6) is 0 Å². The van der Waals surface area contributed by atoms with Gasteiger partial charge in [0.2, 0.25) is 0 Å². The van der Waals surface area contributed by atoms with E-state index in [9.17, 15) is 0 Å². The normalized spacial score (nSPS) is 31.5. The van der Waals surface area contributed by atoms with E-state index in [1.54, 1.807) is 0 Å². The quantitative estimate of drug-likeness (QED) is 0.709. The third kappa shape index (κ3) is 3.54. The van der Waals surface area contributed by atoms with Crippen LogP contribution < -0.4 is 0 Å². The highest BCUT2D eigenvalue weighted by atomic mass is 35.5. The molecular weight excluding hydrogens is 240 g/mol. The summed E-state index contributed by atoms with van der Waals surface area (Å²) in [6.45, 7) is 3.08. The molecule has 1 spiro atoms. The molecule has 2 aliphatic rings. The first-order valence-electron chi connectivity index (χ1n) is 6.56. The maximum atomic E-state index is 6.10. The predicted molar refractivity (Wildman–Crippen MR) is 72.5 cm³/mol. The van der Waals surface area contributed by atoms with Gasteiger partial charge in [0, 0.05) is 12.0 Å². The number of hydrogen-bond donors (Lipinski definition) is 0. The molecule has 2 fully saturated rings. The van der Waals surface area contributed by atoms with Crippen molar-refractivity contribution in [3.05, 3.63) is 0 Å². The second-order valence-corrected chi connectivity index (χ2v) is 7.33. The summed E-state index contributed by atoms with van der Waals surface area (Å²) >= 11 is 8.12. The van der Waals surface area contributed by atoms with Crippen molar-refractivity contribution in [2.75, 3.05) is 18.1 Å². The van der Waals surface area contributed by atoms with Gasteiger partial charge in [0.15, 0.2) is 0 Å². The van der Waals surface area contributed by atoms with Gasteiger partial charge in [-0.05, 0) is 62.9 Å². The Balaban J connectivity index is 1.83. The van der Waals surface area contributed by atoms with E-state index >= 15 is 0 Å². The largest absolute Gasteiger partial charge is 0.375 e. The predicted octanol–water partition coefficient (Wildman–Crippen LogP) is 4.09. The van der Waals surface area contributed by atoms with Gasteiger partial charge in [-0.15, -0.1) is 11.6 Å². The zero-order chi connectivity index (χ0) is 11.4. The molecular formula is C13H23ClOS. The Kier molecular flexibility index (Phi) is 4.87. The second-order valence-electron chi connectivity index (χ2n) is 5.36. The van der Waals surface area contributed by atoms with Crippen molar-refractivity contribution in [1.82, 2.24) is 0 Å². The highest BCUT2D eigenvalue weighted by Crippen LogP contribution is 2.41. The Bertz CT molecular complexity index is 208. The maximum Gasteiger partial charge on any atom is 0.0700 e. The Labute approximate surface area is 109 Å². The van der Waals surface area contributed by atoms with E-state index in [-0.39, 0.29) is 5.60 Å². The first-order chi connectivity index (χ1) is 7.70. The van der Waals surface area contributed by atoms with E-state index < -0.39 is 0 Å². The molecule has 2 saturated heterocycles. The van der Waals surface area contributed by atoms with Crippen molar-refractivity contribution in [2.45, 2.75) is 56.4 Å². The van der Waals surface area contributed by atoms with Crippen LogP contribution >= 0.6 is 23.4 Å². The van der Waals surface area contributed by atoms with E-state index in [0.717, 1.165) is 18.9 Å². The Morgan fingerprint density at radius 2 is 2.19 bits per heavy atom. The SMILES string of the molecule is CC(Cl)CCC1CCOC2(CCSCC2)C1. The van der Waals surface area contributed by atoms with Crippen LogP contribution in [0.1, 0.15) is 45.4 Å². The van der Waals surface area contributed by atoms with Crippen LogP contribution in [0.15, 0.2) is 0 Å². The molecule has 2 heterocycles. The maximum absolute atomic E-state index is 6.10. The van der Waals surface area contributed by atoms with E-state index in [0.29, 0.717) is 5.38 Å². The molecule has 0 aromatic rings. The molecule has 16 heavy (non-hydrogen) atoms. The average molecular weight is 263 g/mol. The minimum Gasteiger partial charge on any atom is -0.375 e. The highest BCUT2D eigenvalue weighted by Gasteiger charge is 2.38. The lowest BCUT2D eigenvalue weighted by atomic mass is 9.80. The molecule has 2 aliphatic heterocycles. The number of thioether (sulfide) groups is 1. The third-order valence-corrected chi connectivity index (χ3v) is 5.18. The van der Waals surface area contributed by atoms with Crippen LogP contribution in [-0.2, 0) is 4.74 Å². The van der Waals surface area contributed by atoms with Gasteiger partial charge >= 0.3 is 0 Å². The molecule has 1 nitrogen and oxygen atoms in total. The van der Waals surface area contributed by atoms with Crippen LogP contribution in [0.2, 0.25) is 0 Å². The minimum atomic E-state index is 0.254. The van der Waals surface area contributed by atoms with Crippen LogP contribution in [0.25, 0.3) is 0 Å². The van der Waals surface area contributed by atoms with E-state index in [1.807, 2.05) is 0 Å². The van der Waals surface area contributed by atoms with Crippen LogP contribution in [0.4, 0.5) is 0 Å². The lowest BCUT2D eigenvalue weighted by Crippen LogP contribution is -2.42. The first-order valence-corrected chi connectivity index (χ1v) is 8.15. The Morgan fingerprint density at radius 3 is 2.88 bits per heavy atom. The fourth-order valence-electron chi connectivity index (χ4n) is 2.93. The number of alkyl halides is 1. The summed E-state index contributed by atoms with van der Waals surface area (Å²) in [6, 6.07) is 0. The number of hydrogen-bond acceptors (Lipinski definition) is 2. The van der Waals surface area contributed by atoms with Gasteiger partial charge in [-0.1, -0.05) is 0 Å². The van der Waals surface area contributed by atoms with Crippen LogP contribution in [-0.4, -0.2) is 29.1 Å². The zero-order valence-electron chi connectivity index (χ0n) is 10.2. The summed E-state index contributed by atoms with van der Waals surface area (Å²) < 4.78 is 6.10. The van der Waals surface area contributed by atoms with Gasteiger partial charge in [-0.25, -0.2) is 0 Å². The van der Waals surface area contributed by atoms with E-state index in [4.69, 9.17) is 16.3 Å². The summed E-state index contributed by atoms with van der Waals surface area (Å²) in [7, 11) is 0. The van der Waals surface area contributed by atoms with Crippen molar-refractivity contribution in [3.8, 4) is 0 Å². The van der Waals surface area contributed by atoms with Crippen molar-refractivity contribution < 1.29 is 4.74 Å². The molecule has 2 atom stereocenters. The number of ether oxygens (including phenoxy) is 1. The van der Waals surface area contributed by atoms with Crippen LogP contribution in [0, 0.1) is 5.92 Å². The molecule has 0 aliphatic carbocycles. The summed E-state index contributed by atoms with van der Waals surface area (Å²) in [5, 5.41) is 0.334. The molecule has 0 amide bonds. The molecule has 3 heteroatoms. The molecule has 0 N–H and O–H groups in total. The lowest BCUT2D eigenvalue weighted by molar-refractivity contribution is -0.103. The standard InChI is InChI=1S/C13H23ClOS/c1-11(14)2-3-12-4-7-15-13(10-12)5-8-16-9-6-13/h11-12H,2-10H2,1H3. The van der Waals surface area contributed by atoms with Gasteiger partial charge in [0.25, 0.3) is 0 Å². The number of halogens is 1. The van der Waals surface area contributed by atoms with Crippen molar-refractivity contribution in [3.63, 3.8) is 0 Å². The topological polar surface area (TPSA) is 9.23 Å². The second kappa shape index (κ2) is 5.97. The molecule has 0 aromatic carbocycles. The Hall–Kier alpha value is 0.600. The molecule has 94 valence electrons. The molecule has 0 radical (unpaired) electrons. The third-order valence-electron chi connectivity index (χ3n) is 3.97. The van der Waals surface area contributed by atoms with E-state index in [2.05, 4.69) is 18.7 Å². The minimum absolute atomic E-state index is 0.254. The number of rotatable bonds is 3. The van der Waals surface area contributed by atoms with Gasteiger partial charge in [-0.2, -0.15) is 11.8 Å². The highest BCUT2D eigenvalue weighted by molar-refractivity contribution is 7.99. The van der Waals surface area contributed by atoms with Crippen molar-refractivity contribution >= 4 is 23.4 Å². The lowest BCUT2D eigenvalue weighted by Gasteiger charge is -2.43. The summed E-state index contributed by atoms with van der Waals surface area (Å²) in [5.41, 5.74) is 0.254. The molecule has 2 unspecified atom stereocenters. The smallest absolute Gasteiger partial charge is 0.0700 e. The molecule has 2 rings (SSSR count). The first kappa shape index (κ1) is 13.0. The summed E-state index contributed by atoms with van der Waals surface area (Å²) in [6.07, 6.45) is 7.53. The van der Waals surface area contributed by atoms with Crippen LogP contribution in [0.3, 0.4) is 0 Å².